The van der Waals surface area contributed by atoms with E-state index in [1.165, 1.54) is 7.11 Å². The van der Waals surface area contributed by atoms with Crippen LogP contribution in [-0.4, -0.2) is 24.8 Å². The maximum absolute atomic E-state index is 11.4. The fourth-order valence-electron chi connectivity index (χ4n) is 1.15. The Morgan fingerprint density at radius 2 is 1.88 bits per heavy atom. The number of amides is 1. The van der Waals surface area contributed by atoms with Crippen LogP contribution in [0.3, 0.4) is 0 Å². The van der Waals surface area contributed by atoms with Gasteiger partial charge in [-0.2, -0.15) is 0 Å². The second-order valence-electron chi connectivity index (χ2n) is 4.86. The molecule has 1 atom stereocenters. The molecule has 0 bridgehead atoms. The van der Waals surface area contributed by atoms with E-state index in [1.54, 1.807) is 27.7 Å². The molecule has 0 saturated carbocycles. The normalized spacial score (nSPS) is 12.5. The molecule has 1 N–H and O–H groups in total. The van der Waals surface area contributed by atoms with Gasteiger partial charge in [-0.3, -0.25) is 10.1 Å². The van der Waals surface area contributed by atoms with Crippen molar-refractivity contribution in [2.75, 3.05) is 7.11 Å². The molecule has 0 aromatic rings. The molecular weight excluding hydrogens is 222 g/mol. The molecule has 0 saturated heterocycles. The van der Waals surface area contributed by atoms with Gasteiger partial charge in [0.05, 0.1) is 13.0 Å². The number of hydrogen-bond acceptors (Lipinski definition) is 4. The summed E-state index contributed by atoms with van der Waals surface area (Å²) in [5, 5.41) is 2.48. The van der Waals surface area contributed by atoms with Crippen LogP contribution in [0.5, 0.6) is 0 Å². The predicted molar refractivity (Wildman–Crippen MR) is 64.3 cm³/mol. The second-order valence-corrected chi connectivity index (χ2v) is 4.86. The third-order valence-corrected chi connectivity index (χ3v) is 1.83. The molecule has 0 aliphatic rings. The van der Waals surface area contributed by atoms with Crippen molar-refractivity contribution in [3.05, 3.63) is 12.3 Å². The van der Waals surface area contributed by atoms with Gasteiger partial charge in [0.2, 0.25) is 0 Å². The number of allylic oxidation sites excluding steroid dienone is 1. The summed E-state index contributed by atoms with van der Waals surface area (Å²) in [5.74, 6) is -0.681. The van der Waals surface area contributed by atoms with E-state index < -0.39 is 11.7 Å². The van der Waals surface area contributed by atoms with Gasteiger partial charge in [0.25, 0.3) is 0 Å². The van der Waals surface area contributed by atoms with Crippen LogP contribution in [0.1, 0.15) is 34.1 Å². The van der Waals surface area contributed by atoms with Gasteiger partial charge in [-0.05, 0) is 20.8 Å². The number of carbonyl (C=O) groups is 2. The number of esters is 1. The molecule has 0 aromatic heterocycles. The van der Waals surface area contributed by atoms with Crippen molar-refractivity contribution in [3.8, 4) is 0 Å². The molecule has 0 spiro atoms. The highest BCUT2D eigenvalue weighted by Gasteiger charge is 2.19. The van der Waals surface area contributed by atoms with Crippen LogP contribution in [0.25, 0.3) is 0 Å². The van der Waals surface area contributed by atoms with E-state index in [0.29, 0.717) is 12.1 Å². The summed E-state index contributed by atoms with van der Waals surface area (Å²) in [4.78, 5) is 22.5. The van der Waals surface area contributed by atoms with Gasteiger partial charge in [0.1, 0.15) is 5.60 Å². The van der Waals surface area contributed by atoms with Crippen molar-refractivity contribution in [3.63, 3.8) is 0 Å². The zero-order valence-corrected chi connectivity index (χ0v) is 11.1. The van der Waals surface area contributed by atoms with Gasteiger partial charge >= 0.3 is 12.1 Å². The Kier molecular flexibility index (Phi) is 5.71. The molecule has 0 heterocycles. The number of ether oxygens (including phenoxy) is 2. The first kappa shape index (κ1) is 15.5. The van der Waals surface area contributed by atoms with Crippen LogP contribution in [-0.2, 0) is 14.3 Å². The summed E-state index contributed by atoms with van der Waals surface area (Å²) >= 11 is 0. The van der Waals surface area contributed by atoms with Gasteiger partial charge in [0.15, 0.2) is 0 Å². The minimum atomic E-state index is -0.570. The van der Waals surface area contributed by atoms with Gasteiger partial charge in [-0.1, -0.05) is 13.5 Å². The number of hydrogen-bond donors (Lipinski definition) is 1. The Balaban J connectivity index is 4.11. The average molecular weight is 243 g/mol. The monoisotopic (exact) mass is 243 g/mol. The lowest BCUT2D eigenvalue weighted by atomic mass is 10.1. The number of carbonyl (C=O) groups excluding carboxylic acids is 2. The van der Waals surface area contributed by atoms with Crippen molar-refractivity contribution >= 4 is 12.1 Å². The molecule has 0 aliphatic heterocycles. The Bertz CT molecular complexity index is 304. The van der Waals surface area contributed by atoms with Crippen LogP contribution in [0, 0.1) is 5.92 Å². The smallest absolute Gasteiger partial charge is 0.411 e. The van der Waals surface area contributed by atoms with E-state index in [1.807, 2.05) is 0 Å². The van der Waals surface area contributed by atoms with Crippen molar-refractivity contribution in [2.24, 2.45) is 5.92 Å². The fourth-order valence-corrected chi connectivity index (χ4v) is 1.15. The second kappa shape index (κ2) is 6.27. The van der Waals surface area contributed by atoms with E-state index in [-0.39, 0.29) is 11.9 Å². The zero-order valence-electron chi connectivity index (χ0n) is 11.1. The first-order valence-corrected chi connectivity index (χ1v) is 5.41. The molecule has 17 heavy (non-hydrogen) atoms. The Labute approximate surface area is 102 Å². The first-order chi connectivity index (χ1) is 7.65. The molecule has 0 aromatic carbocycles. The fraction of sp³-hybridized carbons (Fsp3) is 0.667. The highest BCUT2D eigenvalue weighted by atomic mass is 16.6. The van der Waals surface area contributed by atoms with E-state index >= 15 is 0 Å². The molecule has 0 radical (unpaired) electrons. The van der Waals surface area contributed by atoms with E-state index in [9.17, 15) is 9.59 Å². The van der Waals surface area contributed by atoms with Gasteiger partial charge < -0.3 is 9.47 Å². The highest BCUT2D eigenvalue weighted by molar-refractivity contribution is 5.73. The van der Waals surface area contributed by atoms with Crippen LogP contribution >= 0.6 is 0 Å². The summed E-state index contributed by atoms with van der Waals surface area (Å²) in [6, 6.07) is 0. The topological polar surface area (TPSA) is 64.6 Å². The maximum Gasteiger partial charge on any atom is 0.411 e. The summed E-state index contributed by atoms with van der Waals surface area (Å²) in [6.07, 6.45) is -0.245. The van der Waals surface area contributed by atoms with Gasteiger partial charge in [-0.15, -0.1) is 0 Å². The van der Waals surface area contributed by atoms with Crippen LogP contribution in [0.4, 0.5) is 4.79 Å². The number of methoxy groups -OCH3 is 1. The summed E-state index contributed by atoms with van der Waals surface area (Å²) in [7, 11) is 1.32. The molecule has 98 valence electrons. The standard InChI is InChI=1S/C12H21NO4/c1-8(10(14)16-6)7-9(2)13-11(15)17-12(3,4)5/h8H,2,7H2,1,3-6H3,(H,13,15). The Morgan fingerprint density at radius 3 is 2.29 bits per heavy atom. The van der Waals surface area contributed by atoms with E-state index in [4.69, 9.17) is 4.74 Å². The lowest BCUT2D eigenvalue weighted by molar-refractivity contribution is -0.144. The lowest BCUT2D eigenvalue weighted by Gasteiger charge is -2.20. The number of rotatable bonds is 4. The molecule has 5 nitrogen and oxygen atoms in total. The Morgan fingerprint density at radius 1 is 1.35 bits per heavy atom. The minimum Gasteiger partial charge on any atom is -0.469 e. The quantitative estimate of drug-likeness (QED) is 0.769. The van der Waals surface area contributed by atoms with Crippen molar-refractivity contribution in [2.45, 2.75) is 39.7 Å². The van der Waals surface area contributed by atoms with Crippen LogP contribution < -0.4 is 5.32 Å². The molecule has 1 unspecified atom stereocenters. The average Bonchev–Trinajstić information content (AvgIpc) is 2.12. The predicted octanol–water partition coefficient (Wildman–Crippen LogP) is 2.22. The molecule has 0 fully saturated rings. The summed E-state index contributed by atoms with van der Waals surface area (Å²) in [6.45, 7) is 10.7. The van der Waals surface area contributed by atoms with E-state index in [0.717, 1.165) is 0 Å². The SMILES string of the molecule is C=C(CC(C)C(=O)OC)NC(=O)OC(C)(C)C. The maximum atomic E-state index is 11.4. The third kappa shape index (κ3) is 7.38. The summed E-state index contributed by atoms with van der Waals surface area (Å²) in [5.41, 5.74) is -0.129. The largest absolute Gasteiger partial charge is 0.469 e. The van der Waals surface area contributed by atoms with Gasteiger partial charge in [-0.25, -0.2) is 4.79 Å². The zero-order chi connectivity index (χ0) is 13.6. The van der Waals surface area contributed by atoms with Crippen LogP contribution in [0.15, 0.2) is 12.3 Å². The molecular formula is C12H21NO4. The van der Waals surface area contributed by atoms with Gasteiger partial charge in [0, 0.05) is 12.1 Å². The van der Waals surface area contributed by atoms with Crippen molar-refractivity contribution < 1.29 is 19.1 Å². The van der Waals surface area contributed by atoms with Crippen LogP contribution in [0.2, 0.25) is 0 Å². The van der Waals surface area contributed by atoms with Crippen molar-refractivity contribution in [1.29, 1.82) is 0 Å². The highest BCUT2D eigenvalue weighted by Crippen LogP contribution is 2.11. The number of nitrogens with one attached hydrogen (secondary N) is 1. The molecule has 1 amide bonds. The number of alkyl carbamates (subject to hydrolysis) is 1. The van der Waals surface area contributed by atoms with Crippen molar-refractivity contribution in [1.82, 2.24) is 5.32 Å². The molecule has 0 aliphatic carbocycles. The lowest BCUT2D eigenvalue weighted by Crippen LogP contribution is -2.32. The molecule has 0 rings (SSSR count). The Hall–Kier alpha value is -1.52. The van der Waals surface area contributed by atoms with E-state index in [2.05, 4.69) is 16.6 Å². The third-order valence-electron chi connectivity index (χ3n) is 1.83. The summed E-state index contributed by atoms with van der Waals surface area (Å²) < 4.78 is 9.62. The molecule has 5 heteroatoms. The minimum absolute atomic E-state index is 0.325. The first-order valence-electron chi connectivity index (χ1n) is 5.41.